The molecule has 0 amide bonds. The second-order valence-corrected chi connectivity index (χ2v) is 25.6. The lowest BCUT2D eigenvalue weighted by Crippen LogP contribution is -2.27. The van der Waals surface area contributed by atoms with E-state index in [1.54, 1.807) is 0 Å². The summed E-state index contributed by atoms with van der Waals surface area (Å²) in [4.78, 5) is 0. The normalized spacial score (nSPS) is 15.6. The lowest BCUT2D eigenvalue weighted by molar-refractivity contribution is 0.669. The van der Waals surface area contributed by atoms with Crippen molar-refractivity contribution in [1.29, 1.82) is 0 Å². The van der Waals surface area contributed by atoms with Gasteiger partial charge < -0.3 is 8.98 Å². The van der Waals surface area contributed by atoms with E-state index in [4.69, 9.17) is 44.2 Å². The number of rotatable bonds is 1. The molecule has 22 rings (SSSR count). The third-order valence-electron chi connectivity index (χ3n) is 19.2. The van der Waals surface area contributed by atoms with Crippen LogP contribution in [0.5, 0.6) is 0 Å². The van der Waals surface area contributed by atoms with E-state index in [2.05, 4.69) is 198 Å². The molecule has 2 nitrogen and oxygen atoms in total. The molecule has 4 aliphatic rings. The van der Waals surface area contributed by atoms with Crippen molar-refractivity contribution < 1.29 is 44.2 Å². The van der Waals surface area contributed by atoms with Gasteiger partial charge in [-0.3, -0.25) is 0 Å². The van der Waals surface area contributed by atoms with E-state index in [1.807, 2.05) is 83.1 Å². The minimum absolute atomic E-state index is 0.0250. The molecule has 15 aromatic carbocycles. The fourth-order valence-electron chi connectivity index (χ4n) is 15.5. The van der Waals surface area contributed by atoms with E-state index in [0.29, 0.717) is 0 Å². The van der Waals surface area contributed by atoms with Gasteiger partial charge in [0.05, 0.1) is 61.6 Å². The summed E-state index contributed by atoms with van der Waals surface area (Å²) in [6.45, 7) is 32.9. The van der Waals surface area contributed by atoms with Crippen molar-refractivity contribution in [1.82, 2.24) is 4.57 Å². The molecule has 0 fully saturated rings. The molecular weight excluding hydrogens is 1360 g/mol. The van der Waals surface area contributed by atoms with Crippen molar-refractivity contribution in [3.05, 3.63) is 412 Å². The number of benzene rings is 15. The molecule has 3 heterocycles. The first-order chi connectivity index (χ1) is 66.8. The number of hydrogen-bond donors (Lipinski definition) is 0. The van der Waals surface area contributed by atoms with Crippen molar-refractivity contribution in [2.24, 2.45) is 0 Å². The Labute approximate surface area is 704 Å². The highest BCUT2D eigenvalue weighted by Crippen LogP contribution is 2.65. The predicted octanol–water partition coefficient (Wildman–Crippen LogP) is 31.9. The molecule has 0 bridgehead atoms. The number of thiophene rings is 1. The van der Waals surface area contributed by atoms with E-state index < -0.39 is 133 Å². The molecule has 18 aromatic rings. The highest BCUT2D eigenvalue weighted by molar-refractivity contribution is 7.25. The number of aromatic nitrogens is 1. The molecule has 4 aliphatic carbocycles. The maximum absolute atomic E-state index is 8.41. The molecule has 2 spiro atoms. The lowest BCUT2D eigenvalue weighted by atomic mass is 9.68. The molecular formula is C108H105NOS. The van der Waals surface area contributed by atoms with E-state index >= 15 is 0 Å². The summed E-state index contributed by atoms with van der Waals surface area (Å²) < 4.78 is 237. The van der Waals surface area contributed by atoms with Gasteiger partial charge in [0.1, 0.15) is 11.2 Å². The average Bonchev–Trinajstić information content (AvgIpc) is 1.50. The van der Waals surface area contributed by atoms with E-state index in [0.717, 1.165) is 15.9 Å². The summed E-state index contributed by atoms with van der Waals surface area (Å²) in [6.07, 6.45) is 0. The van der Waals surface area contributed by atoms with Gasteiger partial charge >= 0.3 is 0 Å². The third kappa shape index (κ3) is 13.8. The highest BCUT2D eigenvalue weighted by atomic mass is 32.1. The Morgan fingerprint density at radius 3 is 0.982 bits per heavy atom. The lowest BCUT2D eigenvalue weighted by Gasteiger charge is -2.32. The zero-order valence-electron chi connectivity index (χ0n) is 94.4. The number of para-hydroxylation sites is 5. The van der Waals surface area contributed by atoms with Crippen molar-refractivity contribution >= 4 is 75.3 Å². The molecule has 0 saturated carbocycles. The van der Waals surface area contributed by atoms with Gasteiger partial charge in [0, 0.05) is 47.4 Å². The van der Waals surface area contributed by atoms with E-state index in [-0.39, 0.29) is 123 Å². The van der Waals surface area contributed by atoms with Crippen molar-refractivity contribution in [2.75, 3.05) is 0 Å². The summed E-state index contributed by atoms with van der Waals surface area (Å²) in [5.41, 5.74) is 26.1. The summed E-state index contributed by atoms with van der Waals surface area (Å²) >= 11 is 0.967. The SMILES string of the molecule is CC.CC.CC.CC.CC.CC.Cc1ccc2c(c1)C1(c3ccccc3-2)c2ccccc2-c2ccc(C)cc21.Cc1cccc2c1C1(c3ccccc3-2)c2ccccc2-c2cccc(C)c21.[2H]c1c([2H])c([2H])c(-n2c3c([2H])c([2H])c([2H])c([2H])c3c3c([2H])c([2H])c([2H])c([2H])c32)c([2H])c1[2H].[2H]c1c([2H])c([2H])c2c(oc3c([2H])c([2H])c([2H])c([2H])c32)c1[2H].[2H]c1c([2H])c([2H])c2c(sc3c([2H])c([2H])c([2H])c([2H])c32)c1[2H]. The van der Waals surface area contributed by atoms with Crippen LogP contribution in [-0.4, -0.2) is 4.57 Å². The summed E-state index contributed by atoms with van der Waals surface area (Å²) in [5.74, 6) is 0. The molecule has 554 valence electrons. The smallest absolute Gasteiger partial charge is 0.135 e. The van der Waals surface area contributed by atoms with Crippen molar-refractivity contribution in [3.63, 3.8) is 0 Å². The predicted molar refractivity (Wildman–Crippen MR) is 486 cm³/mol. The van der Waals surface area contributed by atoms with Gasteiger partial charge in [0.15, 0.2) is 0 Å². The Balaban J connectivity index is 0.000000153. The van der Waals surface area contributed by atoms with Crippen LogP contribution in [0.1, 0.15) is 190 Å². The third-order valence-corrected chi connectivity index (χ3v) is 20.2. The summed E-state index contributed by atoms with van der Waals surface area (Å²) in [6, 6.07) is 49.1. The molecule has 0 N–H and O–H groups in total. The van der Waals surface area contributed by atoms with Crippen LogP contribution in [0.15, 0.2) is 350 Å². The number of furan rings is 1. The molecule has 0 radical (unpaired) electrons. The van der Waals surface area contributed by atoms with Crippen LogP contribution in [0.3, 0.4) is 0 Å². The van der Waals surface area contributed by atoms with Crippen molar-refractivity contribution in [2.45, 2.75) is 122 Å². The zero-order chi connectivity index (χ0) is 104. The van der Waals surface area contributed by atoms with E-state index in [1.165, 1.54) is 111 Å². The Kier molecular flexibility index (Phi) is 15.8. The first-order valence-corrected chi connectivity index (χ1v) is 38.8. The van der Waals surface area contributed by atoms with Crippen LogP contribution in [0.25, 0.3) is 114 Å². The molecule has 3 heteroatoms. The Morgan fingerprint density at radius 1 is 0.270 bits per heavy atom. The van der Waals surface area contributed by atoms with Crippen LogP contribution in [0, 0.1) is 27.7 Å². The molecule has 0 unspecified atom stereocenters. The quantitative estimate of drug-likeness (QED) is 0.160. The van der Waals surface area contributed by atoms with Gasteiger partial charge in [-0.05, 0) is 176 Å². The fraction of sp³-hybridized carbons (Fsp3) is 0.167. The maximum atomic E-state index is 8.41. The van der Waals surface area contributed by atoms with Crippen LogP contribution in [0.4, 0.5) is 0 Å². The van der Waals surface area contributed by atoms with Crippen molar-refractivity contribution in [3.8, 4) is 50.2 Å². The Bertz CT molecular complexity index is 7420. The van der Waals surface area contributed by atoms with Gasteiger partial charge in [-0.1, -0.05) is 391 Å². The zero-order valence-corrected chi connectivity index (χ0v) is 66.2. The Morgan fingerprint density at radius 2 is 0.577 bits per heavy atom. The number of aryl methyl sites for hydroxylation is 4. The monoisotopic (exact) mass is 1490 g/mol. The average molecular weight is 1490 g/mol. The second kappa shape index (κ2) is 35.7. The number of nitrogens with zero attached hydrogens (tertiary/aromatic N) is 1. The van der Waals surface area contributed by atoms with Gasteiger partial charge in [-0.2, -0.15) is 0 Å². The molecule has 111 heavy (non-hydrogen) atoms. The molecule has 0 atom stereocenters. The molecule has 0 aliphatic heterocycles. The van der Waals surface area contributed by atoms with Crippen LogP contribution >= 0.6 is 11.3 Å². The summed E-state index contributed by atoms with van der Waals surface area (Å²) in [7, 11) is 0. The van der Waals surface area contributed by atoms with Gasteiger partial charge in [0.2, 0.25) is 0 Å². The van der Waals surface area contributed by atoms with E-state index in [9.17, 15) is 0 Å². The van der Waals surface area contributed by atoms with Gasteiger partial charge in [-0.15, -0.1) is 11.3 Å². The molecule has 3 aromatic heterocycles. The standard InChI is InChI=1S/2C27H20.C18H13N.C12H8O.C12H8S.6C2H6/c1-17-9-7-13-21-19-11-3-5-15-23(19)27(25(17)21)24-16-6-4-12-20(24)22-14-8-10-18(2)26(22)27;1-17-11-13-21-19-7-3-5-9-23(19)27(25(21)15-17)24-10-6-4-8-20(24)22-14-12-18(2)16-26(22)27;1-2-8-14(9-3-1)19-17-12-6-4-10-15(17)16-11-5-7-13-18(16)19;2*1-3-7-11-9(5-1)10-6-2-4-8-12(10)13-11;6*1-2/h2*3-16H,1-2H3;1-13H;2*1-8H;6*1-2H3/i;;1D,2D,3D,4D,5D,6D,7D,8D,9D,10D,11D,12D,13D;2*1D,2D,3D,4D,5D,6D,7D,8D;;;;;;. The highest BCUT2D eigenvalue weighted by Gasteiger charge is 2.54. The van der Waals surface area contributed by atoms with Gasteiger partial charge in [-0.25, -0.2) is 0 Å². The first-order valence-electron chi connectivity index (χ1n) is 52.5. The van der Waals surface area contributed by atoms with Gasteiger partial charge in [0.25, 0.3) is 0 Å². The van der Waals surface area contributed by atoms with Crippen LogP contribution < -0.4 is 0 Å². The topological polar surface area (TPSA) is 18.1 Å². The fourth-order valence-corrected chi connectivity index (χ4v) is 16.4. The van der Waals surface area contributed by atoms with Crippen LogP contribution in [-0.2, 0) is 10.8 Å². The minimum atomic E-state index is -0.697. The van der Waals surface area contributed by atoms with Crippen LogP contribution in [0.2, 0.25) is 0 Å². The summed E-state index contributed by atoms with van der Waals surface area (Å²) in [5, 5.41) is -0.193. The minimum Gasteiger partial charge on any atom is -0.456 e. The number of fused-ring (bicyclic) bond motifs is 29. The second-order valence-electron chi connectivity index (χ2n) is 24.6. The molecule has 0 saturated heterocycles. The number of hydrogen-bond acceptors (Lipinski definition) is 2. The maximum Gasteiger partial charge on any atom is 0.135 e. The first kappa shape index (κ1) is 49.3. The Hall–Kier alpha value is -11.9. The largest absolute Gasteiger partial charge is 0.456 e.